The lowest BCUT2D eigenvalue weighted by atomic mass is 10.2. The van der Waals surface area contributed by atoms with E-state index < -0.39 is 15.9 Å². The van der Waals surface area contributed by atoms with Crippen LogP contribution in [0.15, 0.2) is 24.3 Å². The van der Waals surface area contributed by atoms with Crippen LogP contribution in [-0.4, -0.2) is 44.3 Å². The van der Waals surface area contributed by atoms with E-state index in [9.17, 15) is 13.2 Å². The predicted octanol–water partition coefficient (Wildman–Crippen LogP) is 2.80. The van der Waals surface area contributed by atoms with E-state index in [0.29, 0.717) is 12.8 Å². The largest absolute Gasteiger partial charge is 0.481 e. The summed E-state index contributed by atoms with van der Waals surface area (Å²) in [5, 5.41) is 0.00977. The van der Waals surface area contributed by atoms with Gasteiger partial charge in [0.1, 0.15) is 11.3 Å². The number of unbranched alkanes of at least 4 members (excludes halogenated alkanes) is 1. The summed E-state index contributed by atoms with van der Waals surface area (Å²) >= 11 is 6.11. The molecule has 0 spiro atoms. The zero-order valence-corrected chi connectivity index (χ0v) is 17.1. The summed E-state index contributed by atoms with van der Waals surface area (Å²) < 4.78 is 41.8. The van der Waals surface area contributed by atoms with Crippen molar-refractivity contribution in [2.75, 3.05) is 20.0 Å². The summed E-state index contributed by atoms with van der Waals surface area (Å²) in [5.74, 6) is -0.752. The van der Waals surface area contributed by atoms with Gasteiger partial charge in [-0.25, -0.2) is 13.1 Å². The minimum absolute atomic E-state index is 0.00977. The average molecular weight is 430 g/mol. The van der Waals surface area contributed by atoms with Gasteiger partial charge in [-0.1, -0.05) is 31.0 Å². The van der Waals surface area contributed by atoms with E-state index in [1.54, 1.807) is 0 Å². The van der Waals surface area contributed by atoms with Crippen molar-refractivity contribution in [2.45, 2.75) is 19.8 Å². The van der Waals surface area contributed by atoms with E-state index in [1.807, 2.05) is 11.6 Å². The molecular weight excluding hydrogens is 410 g/mol. The number of hydrogen-bond donors (Lipinski definition) is 1. The molecule has 0 unspecified atom stereocenters. The first-order valence-corrected chi connectivity index (χ1v) is 10.3. The maximum atomic E-state index is 12.6. The second-order valence-corrected chi connectivity index (χ2v) is 7.80. The number of aromatic nitrogens is 2. The Kier molecular flexibility index (Phi) is 7.41. The average Bonchev–Trinajstić information content (AvgIpc) is 2.65. The number of nitrogens with one attached hydrogen (secondary N) is 1. The molecular formula is C17H20ClN3O6S. The van der Waals surface area contributed by atoms with Gasteiger partial charge in [0.05, 0.1) is 31.1 Å². The highest BCUT2D eigenvalue weighted by molar-refractivity contribution is 7.90. The van der Waals surface area contributed by atoms with Crippen LogP contribution in [0.1, 0.15) is 30.1 Å². The van der Waals surface area contributed by atoms with E-state index >= 15 is 0 Å². The highest BCUT2D eigenvalue weighted by Crippen LogP contribution is 2.31. The number of carbonyl (C=O) groups excluding carboxylic acids is 1. The molecule has 11 heteroatoms. The van der Waals surface area contributed by atoms with Gasteiger partial charge in [0, 0.05) is 0 Å². The number of sulfonamides is 1. The van der Waals surface area contributed by atoms with Crippen molar-refractivity contribution in [1.82, 2.24) is 14.7 Å². The summed E-state index contributed by atoms with van der Waals surface area (Å²) in [4.78, 5) is 20.6. The highest BCUT2D eigenvalue weighted by Gasteiger charge is 2.23. The second-order valence-electron chi connectivity index (χ2n) is 5.55. The maximum absolute atomic E-state index is 12.6. The van der Waals surface area contributed by atoms with Gasteiger partial charge in [0.15, 0.2) is 0 Å². The number of rotatable bonds is 9. The van der Waals surface area contributed by atoms with Crippen LogP contribution in [0, 0.1) is 0 Å². The molecule has 1 aromatic carbocycles. The van der Waals surface area contributed by atoms with Crippen LogP contribution in [0.5, 0.6) is 23.5 Å². The van der Waals surface area contributed by atoms with Crippen LogP contribution in [0.2, 0.25) is 5.02 Å². The zero-order chi connectivity index (χ0) is 20.7. The number of nitrogens with zero attached hydrogens (tertiary/aromatic N) is 2. The second kappa shape index (κ2) is 9.56. The standard InChI is InChI=1S/C17H20ClN3O6S/c1-4-5-9-28(23,24)21-16(22)15-11(18)7-6-8-12(15)27-17-19-13(25-2)10-14(20-17)26-3/h6-8,10H,4-5,9H2,1-3H3,(H,21,22). The third kappa shape index (κ3) is 5.70. The van der Waals surface area contributed by atoms with Crippen molar-refractivity contribution in [1.29, 1.82) is 0 Å². The Balaban J connectivity index is 2.35. The number of hydrogen-bond acceptors (Lipinski definition) is 8. The maximum Gasteiger partial charge on any atom is 0.328 e. The molecule has 0 bridgehead atoms. The van der Waals surface area contributed by atoms with Gasteiger partial charge >= 0.3 is 6.01 Å². The molecule has 0 aliphatic carbocycles. The summed E-state index contributed by atoms with van der Waals surface area (Å²) in [5.41, 5.74) is -0.158. The molecule has 152 valence electrons. The predicted molar refractivity (Wildman–Crippen MR) is 103 cm³/mol. The van der Waals surface area contributed by atoms with Gasteiger partial charge < -0.3 is 14.2 Å². The molecule has 1 aromatic heterocycles. The molecule has 1 heterocycles. The molecule has 0 saturated heterocycles. The summed E-state index contributed by atoms with van der Waals surface area (Å²) in [6.45, 7) is 1.85. The molecule has 0 saturated carbocycles. The third-order valence-electron chi connectivity index (χ3n) is 3.50. The van der Waals surface area contributed by atoms with Gasteiger partial charge in [0.2, 0.25) is 21.8 Å². The lowest BCUT2D eigenvalue weighted by molar-refractivity contribution is 0.0979. The lowest BCUT2D eigenvalue weighted by Crippen LogP contribution is -2.33. The molecule has 9 nitrogen and oxygen atoms in total. The minimum atomic E-state index is -3.80. The number of halogens is 1. The van der Waals surface area contributed by atoms with Crippen LogP contribution in [0.25, 0.3) is 0 Å². The van der Waals surface area contributed by atoms with Crippen LogP contribution >= 0.6 is 11.6 Å². The molecule has 2 rings (SSSR count). The minimum Gasteiger partial charge on any atom is -0.481 e. The topological polar surface area (TPSA) is 117 Å². The molecule has 0 fully saturated rings. The Bertz CT molecular complexity index is 930. The number of methoxy groups -OCH3 is 2. The number of carbonyl (C=O) groups is 1. The van der Waals surface area contributed by atoms with Crippen molar-refractivity contribution < 1.29 is 27.4 Å². The quantitative estimate of drug-likeness (QED) is 0.646. The van der Waals surface area contributed by atoms with Gasteiger partial charge in [-0.15, -0.1) is 0 Å². The van der Waals surface area contributed by atoms with Crippen molar-refractivity contribution in [2.24, 2.45) is 0 Å². The molecule has 1 amide bonds. The fraction of sp³-hybridized carbons (Fsp3) is 0.353. The Labute approximate surface area is 168 Å². The van der Waals surface area contributed by atoms with Crippen molar-refractivity contribution in [3.8, 4) is 23.5 Å². The van der Waals surface area contributed by atoms with E-state index in [1.165, 1.54) is 38.5 Å². The third-order valence-corrected chi connectivity index (χ3v) is 5.13. The monoisotopic (exact) mass is 429 g/mol. The SMILES string of the molecule is CCCCS(=O)(=O)NC(=O)c1c(Cl)cccc1Oc1nc(OC)cc(OC)n1. The Morgan fingerprint density at radius 1 is 1.18 bits per heavy atom. The summed E-state index contributed by atoms with van der Waals surface area (Å²) in [7, 11) is -0.988. The Hall–Kier alpha value is -2.59. The fourth-order valence-corrected chi connectivity index (χ4v) is 3.53. The van der Waals surface area contributed by atoms with Crippen LogP contribution in [-0.2, 0) is 10.0 Å². The normalized spacial score (nSPS) is 11.0. The Morgan fingerprint density at radius 3 is 2.39 bits per heavy atom. The van der Waals surface area contributed by atoms with Crippen LogP contribution in [0.4, 0.5) is 0 Å². The van der Waals surface area contributed by atoms with Crippen molar-refractivity contribution in [3.05, 3.63) is 34.9 Å². The van der Waals surface area contributed by atoms with Gasteiger partial charge in [-0.2, -0.15) is 9.97 Å². The lowest BCUT2D eigenvalue weighted by Gasteiger charge is -2.13. The Morgan fingerprint density at radius 2 is 1.82 bits per heavy atom. The first-order chi connectivity index (χ1) is 13.3. The molecule has 0 aliphatic heterocycles. The number of amides is 1. The fourth-order valence-electron chi connectivity index (χ4n) is 2.12. The van der Waals surface area contributed by atoms with Crippen LogP contribution in [0.3, 0.4) is 0 Å². The van der Waals surface area contributed by atoms with Crippen molar-refractivity contribution >= 4 is 27.5 Å². The molecule has 1 N–H and O–H groups in total. The van der Waals surface area contributed by atoms with Gasteiger partial charge in [-0.05, 0) is 18.6 Å². The summed E-state index contributed by atoms with van der Waals surface area (Å²) in [6.07, 6.45) is 1.09. The smallest absolute Gasteiger partial charge is 0.328 e. The first kappa shape index (κ1) is 21.7. The van der Waals surface area contributed by atoms with E-state index in [-0.39, 0.29) is 39.9 Å². The van der Waals surface area contributed by atoms with Crippen LogP contribution < -0.4 is 18.9 Å². The number of benzene rings is 1. The number of ether oxygens (including phenoxy) is 3. The first-order valence-electron chi connectivity index (χ1n) is 8.28. The molecule has 0 aliphatic rings. The van der Waals surface area contributed by atoms with Gasteiger partial charge in [0.25, 0.3) is 5.91 Å². The molecule has 0 radical (unpaired) electrons. The van der Waals surface area contributed by atoms with Crippen molar-refractivity contribution in [3.63, 3.8) is 0 Å². The van der Waals surface area contributed by atoms with Gasteiger partial charge in [-0.3, -0.25) is 4.79 Å². The zero-order valence-electron chi connectivity index (χ0n) is 15.6. The summed E-state index contributed by atoms with van der Waals surface area (Å²) in [6, 6.07) is 5.70. The highest BCUT2D eigenvalue weighted by atomic mass is 35.5. The van der Waals surface area contributed by atoms with E-state index in [2.05, 4.69) is 9.97 Å². The molecule has 28 heavy (non-hydrogen) atoms. The van der Waals surface area contributed by atoms with E-state index in [4.69, 9.17) is 25.8 Å². The van der Waals surface area contributed by atoms with E-state index in [0.717, 1.165) is 0 Å². The molecule has 0 atom stereocenters. The molecule has 2 aromatic rings.